The Morgan fingerprint density at radius 1 is 1.17 bits per heavy atom. The van der Waals surface area contributed by atoms with E-state index in [9.17, 15) is 9.59 Å². The maximum atomic E-state index is 12.2. The molecule has 2 aromatic rings. The van der Waals surface area contributed by atoms with Gasteiger partial charge in [0.15, 0.2) is 6.10 Å². The summed E-state index contributed by atoms with van der Waals surface area (Å²) in [6.07, 6.45) is -0.907. The summed E-state index contributed by atoms with van der Waals surface area (Å²) in [5, 5.41) is 2.73. The molecule has 1 atom stereocenters. The maximum Gasteiger partial charge on any atom is 0.349 e. The number of carbonyl (C=O) groups is 2. The van der Waals surface area contributed by atoms with Crippen molar-refractivity contribution >= 4 is 28.9 Å². The van der Waals surface area contributed by atoms with Crippen molar-refractivity contribution in [2.45, 2.75) is 26.9 Å². The first-order valence-electron chi connectivity index (χ1n) is 7.13. The van der Waals surface area contributed by atoms with E-state index in [1.165, 1.54) is 25.4 Å². The van der Waals surface area contributed by atoms with Crippen molar-refractivity contribution < 1.29 is 19.1 Å². The Balaban J connectivity index is 2.03. The van der Waals surface area contributed by atoms with Crippen LogP contribution in [0.3, 0.4) is 0 Å². The smallest absolute Gasteiger partial charge is 0.349 e. The zero-order valence-electron chi connectivity index (χ0n) is 13.5. The van der Waals surface area contributed by atoms with E-state index >= 15 is 0 Å². The number of rotatable bonds is 5. The minimum absolute atomic E-state index is 0.407. The van der Waals surface area contributed by atoms with E-state index in [1.54, 1.807) is 18.2 Å². The summed E-state index contributed by atoms with van der Waals surface area (Å²) in [4.78, 5) is 25.7. The fourth-order valence-corrected chi connectivity index (χ4v) is 2.72. The molecule has 0 fully saturated rings. The molecule has 0 radical (unpaired) electrons. The normalized spacial score (nSPS) is 11.7. The Kier molecular flexibility index (Phi) is 5.39. The summed E-state index contributed by atoms with van der Waals surface area (Å²) in [6.45, 7) is 5.36. The van der Waals surface area contributed by atoms with Gasteiger partial charge < -0.3 is 14.8 Å². The molecule has 5 nitrogen and oxygen atoms in total. The number of anilines is 1. The van der Waals surface area contributed by atoms with Crippen LogP contribution < -0.4 is 10.1 Å². The fourth-order valence-electron chi connectivity index (χ4n) is 1.97. The van der Waals surface area contributed by atoms with Crippen LogP contribution in [0.2, 0.25) is 0 Å². The molecule has 122 valence electrons. The fraction of sp³-hybridized carbons (Fsp3) is 0.294. The third-order valence-corrected chi connectivity index (χ3v) is 4.19. The van der Waals surface area contributed by atoms with E-state index in [-0.39, 0.29) is 0 Å². The first-order valence-corrected chi connectivity index (χ1v) is 7.95. The van der Waals surface area contributed by atoms with E-state index in [0.29, 0.717) is 16.3 Å². The van der Waals surface area contributed by atoms with Gasteiger partial charge in [-0.3, -0.25) is 4.79 Å². The monoisotopic (exact) mass is 333 g/mol. The molecular weight excluding hydrogens is 314 g/mol. The highest BCUT2D eigenvalue weighted by atomic mass is 32.1. The molecule has 0 saturated heterocycles. The minimum atomic E-state index is -0.907. The SMILES string of the molecule is COc1ccc(C)cc1NC(=O)C(C)OC(=O)c1ccc(C)s1. The number of ether oxygens (including phenoxy) is 2. The molecule has 2 rings (SSSR count). The second-order valence-corrected chi connectivity index (χ2v) is 6.44. The van der Waals surface area contributed by atoms with E-state index in [4.69, 9.17) is 9.47 Å². The van der Waals surface area contributed by atoms with Gasteiger partial charge >= 0.3 is 5.97 Å². The number of thiophene rings is 1. The highest BCUT2D eigenvalue weighted by Crippen LogP contribution is 2.25. The van der Waals surface area contributed by atoms with Gasteiger partial charge in [0.25, 0.3) is 5.91 Å². The Morgan fingerprint density at radius 2 is 1.91 bits per heavy atom. The zero-order valence-corrected chi connectivity index (χ0v) is 14.3. The molecule has 0 aliphatic carbocycles. The predicted molar refractivity (Wildman–Crippen MR) is 90.3 cm³/mol. The molecule has 0 saturated carbocycles. The van der Waals surface area contributed by atoms with Gasteiger partial charge in [-0.2, -0.15) is 0 Å². The molecule has 0 aliphatic heterocycles. The van der Waals surface area contributed by atoms with Crippen LogP contribution in [-0.2, 0) is 9.53 Å². The highest BCUT2D eigenvalue weighted by Gasteiger charge is 2.21. The number of carbonyl (C=O) groups excluding carboxylic acids is 2. The number of nitrogens with one attached hydrogen (secondary N) is 1. The topological polar surface area (TPSA) is 64.6 Å². The number of methoxy groups -OCH3 is 1. The van der Waals surface area contributed by atoms with Crippen molar-refractivity contribution in [2.24, 2.45) is 0 Å². The summed E-state index contributed by atoms with van der Waals surface area (Å²) in [6, 6.07) is 8.99. The molecule has 1 heterocycles. The first-order chi connectivity index (χ1) is 10.9. The van der Waals surface area contributed by atoms with Crippen molar-refractivity contribution in [2.75, 3.05) is 12.4 Å². The molecule has 1 unspecified atom stereocenters. The lowest BCUT2D eigenvalue weighted by atomic mass is 10.2. The van der Waals surface area contributed by atoms with Gasteiger partial charge in [-0.15, -0.1) is 11.3 Å². The Morgan fingerprint density at radius 3 is 2.52 bits per heavy atom. The molecule has 1 N–H and O–H groups in total. The average molecular weight is 333 g/mol. The maximum absolute atomic E-state index is 12.2. The number of hydrogen-bond acceptors (Lipinski definition) is 5. The molecular formula is C17H19NO4S. The van der Waals surface area contributed by atoms with Crippen LogP contribution in [0.1, 0.15) is 27.0 Å². The number of hydrogen-bond donors (Lipinski definition) is 1. The molecule has 1 aromatic heterocycles. The predicted octanol–water partition coefficient (Wildman–Crippen LogP) is 3.56. The zero-order chi connectivity index (χ0) is 17.0. The number of amides is 1. The van der Waals surface area contributed by atoms with E-state index in [0.717, 1.165) is 10.4 Å². The van der Waals surface area contributed by atoms with Crippen LogP contribution >= 0.6 is 11.3 Å². The lowest BCUT2D eigenvalue weighted by Gasteiger charge is -2.15. The summed E-state index contributed by atoms with van der Waals surface area (Å²) in [5.41, 5.74) is 1.53. The van der Waals surface area contributed by atoms with Crippen LogP contribution in [0.4, 0.5) is 5.69 Å². The van der Waals surface area contributed by atoms with Gasteiger partial charge in [0.2, 0.25) is 0 Å². The average Bonchev–Trinajstić information content (AvgIpc) is 2.94. The van der Waals surface area contributed by atoms with Gasteiger partial charge in [0.05, 0.1) is 12.8 Å². The van der Waals surface area contributed by atoms with Crippen molar-refractivity contribution in [1.29, 1.82) is 0 Å². The lowest BCUT2D eigenvalue weighted by molar-refractivity contribution is -0.123. The van der Waals surface area contributed by atoms with Crippen molar-refractivity contribution in [3.05, 3.63) is 45.6 Å². The Labute approximate surface area is 139 Å². The summed E-state index contributed by atoms with van der Waals surface area (Å²) < 4.78 is 10.4. The first kappa shape index (κ1) is 17.0. The standard InChI is InChI=1S/C17H19NO4S/c1-10-5-7-14(21-4)13(9-10)18-16(19)12(3)22-17(20)15-8-6-11(2)23-15/h5-9,12H,1-4H3,(H,18,19). The minimum Gasteiger partial charge on any atom is -0.495 e. The lowest BCUT2D eigenvalue weighted by Crippen LogP contribution is -2.30. The summed E-state index contributed by atoms with van der Waals surface area (Å²) in [7, 11) is 1.53. The largest absolute Gasteiger partial charge is 0.495 e. The summed E-state index contributed by atoms with van der Waals surface area (Å²) >= 11 is 1.34. The van der Waals surface area contributed by atoms with Gasteiger partial charge in [-0.1, -0.05) is 6.07 Å². The van der Waals surface area contributed by atoms with Crippen molar-refractivity contribution in [3.8, 4) is 5.75 Å². The molecule has 1 amide bonds. The van der Waals surface area contributed by atoms with Crippen LogP contribution in [0.15, 0.2) is 30.3 Å². The second kappa shape index (κ2) is 7.28. The number of benzene rings is 1. The second-order valence-electron chi connectivity index (χ2n) is 5.15. The molecule has 0 spiro atoms. The third-order valence-electron chi connectivity index (χ3n) is 3.21. The van der Waals surface area contributed by atoms with Gasteiger partial charge in [0, 0.05) is 4.88 Å². The van der Waals surface area contributed by atoms with Crippen LogP contribution in [-0.4, -0.2) is 25.1 Å². The molecule has 0 bridgehead atoms. The van der Waals surface area contributed by atoms with E-state index in [1.807, 2.05) is 26.0 Å². The van der Waals surface area contributed by atoms with Gasteiger partial charge in [-0.25, -0.2) is 4.79 Å². The molecule has 0 aliphatic rings. The van der Waals surface area contributed by atoms with Crippen LogP contribution in [0, 0.1) is 13.8 Å². The Hall–Kier alpha value is -2.34. The number of aryl methyl sites for hydroxylation is 2. The third kappa shape index (κ3) is 4.32. The molecule has 6 heteroatoms. The highest BCUT2D eigenvalue weighted by molar-refractivity contribution is 7.13. The summed E-state index contributed by atoms with van der Waals surface area (Å²) in [5.74, 6) is -0.353. The van der Waals surface area contributed by atoms with Gasteiger partial charge in [0.1, 0.15) is 10.6 Å². The van der Waals surface area contributed by atoms with E-state index < -0.39 is 18.0 Å². The van der Waals surface area contributed by atoms with Crippen LogP contribution in [0.5, 0.6) is 5.75 Å². The van der Waals surface area contributed by atoms with Crippen molar-refractivity contribution in [1.82, 2.24) is 0 Å². The van der Waals surface area contributed by atoms with Crippen LogP contribution in [0.25, 0.3) is 0 Å². The Bertz CT molecular complexity index is 723. The molecule has 23 heavy (non-hydrogen) atoms. The quantitative estimate of drug-likeness (QED) is 0.850. The van der Waals surface area contributed by atoms with Crippen molar-refractivity contribution in [3.63, 3.8) is 0 Å². The number of esters is 1. The van der Waals surface area contributed by atoms with E-state index in [2.05, 4.69) is 5.32 Å². The van der Waals surface area contributed by atoms with Gasteiger partial charge in [-0.05, 0) is 50.6 Å². The molecule has 1 aromatic carbocycles.